The lowest BCUT2D eigenvalue weighted by molar-refractivity contribution is 0.368. The first-order valence-electron chi connectivity index (χ1n) is 7.32. The average molecular weight is 341 g/mol. The molecule has 2 aliphatic rings. The van der Waals surface area contributed by atoms with Crippen molar-refractivity contribution in [3.8, 4) is 5.88 Å². The summed E-state index contributed by atoms with van der Waals surface area (Å²) in [5.41, 5.74) is 0. The Kier molecular flexibility index (Phi) is 4.41. The van der Waals surface area contributed by atoms with Gasteiger partial charge in [-0.15, -0.1) is 0 Å². The molecule has 2 heterocycles. The zero-order valence-electron chi connectivity index (χ0n) is 11.8. The Morgan fingerprint density at radius 2 is 2.10 bits per heavy atom. The molecule has 20 heavy (non-hydrogen) atoms. The molecule has 1 aromatic heterocycles. The number of hydrogen-bond donors (Lipinski definition) is 1. The van der Waals surface area contributed by atoms with Crippen molar-refractivity contribution in [2.45, 2.75) is 31.7 Å². The number of aromatic nitrogens is 2. The van der Waals surface area contributed by atoms with E-state index >= 15 is 0 Å². The number of halogens is 1. The van der Waals surface area contributed by atoms with Crippen LogP contribution in [0.4, 0.5) is 5.95 Å². The smallest absolute Gasteiger partial charge is 0.232 e. The third kappa shape index (κ3) is 3.23. The zero-order valence-corrected chi connectivity index (χ0v) is 13.4. The quantitative estimate of drug-likeness (QED) is 0.890. The minimum atomic E-state index is 0.617. The van der Waals surface area contributed by atoms with Crippen LogP contribution in [-0.2, 0) is 0 Å². The molecule has 1 saturated heterocycles. The summed E-state index contributed by atoms with van der Waals surface area (Å²) in [6.45, 7) is 3.33. The van der Waals surface area contributed by atoms with E-state index in [0.717, 1.165) is 36.0 Å². The van der Waals surface area contributed by atoms with Gasteiger partial charge in [0.15, 0.2) is 0 Å². The van der Waals surface area contributed by atoms with Crippen LogP contribution < -0.4 is 15.0 Å². The molecule has 1 saturated carbocycles. The maximum atomic E-state index is 5.29. The second-order valence-electron chi connectivity index (χ2n) is 5.60. The molecule has 110 valence electrons. The summed E-state index contributed by atoms with van der Waals surface area (Å²) in [4.78, 5) is 11.4. The number of ether oxygens (including phenoxy) is 1. The van der Waals surface area contributed by atoms with Gasteiger partial charge in [-0.2, -0.15) is 4.98 Å². The SMILES string of the molecule is COc1nc(N(CC2CCNCC2)C2CC2)ncc1Br. The predicted molar refractivity (Wildman–Crippen MR) is 82.2 cm³/mol. The molecule has 5 nitrogen and oxygen atoms in total. The highest BCUT2D eigenvalue weighted by molar-refractivity contribution is 9.10. The number of nitrogens with one attached hydrogen (secondary N) is 1. The Bertz CT molecular complexity index is 460. The van der Waals surface area contributed by atoms with E-state index in [1.54, 1.807) is 13.3 Å². The zero-order chi connectivity index (χ0) is 13.9. The number of rotatable bonds is 5. The molecule has 1 aliphatic heterocycles. The molecule has 1 aliphatic carbocycles. The number of nitrogens with zero attached hydrogens (tertiary/aromatic N) is 3. The maximum Gasteiger partial charge on any atom is 0.232 e. The van der Waals surface area contributed by atoms with E-state index < -0.39 is 0 Å². The van der Waals surface area contributed by atoms with Crippen LogP contribution in [-0.4, -0.2) is 42.8 Å². The summed E-state index contributed by atoms with van der Waals surface area (Å²) < 4.78 is 6.10. The molecule has 0 unspecified atom stereocenters. The lowest BCUT2D eigenvalue weighted by atomic mass is 9.97. The van der Waals surface area contributed by atoms with Gasteiger partial charge in [-0.05, 0) is 60.6 Å². The number of anilines is 1. The van der Waals surface area contributed by atoms with Crippen molar-refractivity contribution in [2.24, 2.45) is 5.92 Å². The van der Waals surface area contributed by atoms with Gasteiger partial charge in [0.25, 0.3) is 0 Å². The first-order chi connectivity index (χ1) is 9.78. The Morgan fingerprint density at radius 1 is 1.35 bits per heavy atom. The largest absolute Gasteiger partial charge is 0.480 e. The third-order valence-corrected chi connectivity index (χ3v) is 4.59. The van der Waals surface area contributed by atoms with Gasteiger partial charge in [-0.3, -0.25) is 0 Å². The summed E-state index contributed by atoms with van der Waals surface area (Å²) in [6, 6.07) is 0.621. The highest BCUT2D eigenvalue weighted by atomic mass is 79.9. The standard InChI is InChI=1S/C14H21BrN4O/c1-20-13-12(15)8-17-14(18-13)19(11-2-3-11)9-10-4-6-16-7-5-10/h8,10-11,16H,2-7,9H2,1H3. The van der Waals surface area contributed by atoms with Gasteiger partial charge in [0.05, 0.1) is 17.8 Å². The fraction of sp³-hybridized carbons (Fsp3) is 0.714. The summed E-state index contributed by atoms with van der Waals surface area (Å²) >= 11 is 3.41. The minimum absolute atomic E-state index is 0.617. The molecule has 0 spiro atoms. The van der Waals surface area contributed by atoms with Crippen molar-refractivity contribution in [2.75, 3.05) is 31.6 Å². The van der Waals surface area contributed by atoms with Crippen molar-refractivity contribution in [3.63, 3.8) is 0 Å². The lowest BCUT2D eigenvalue weighted by Gasteiger charge is -2.30. The van der Waals surface area contributed by atoms with Crippen LogP contribution in [0.1, 0.15) is 25.7 Å². The maximum absolute atomic E-state index is 5.29. The third-order valence-electron chi connectivity index (χ3n) is 4.05. The average Bonchev–Trinajstić information content (AvgIpc) is 3.31. The van der Waals surface area contributed by atoms with E-state index in [-0.39, 0.29) is 0 Å². The lowest BCUT2D eigenvalue weighted by Crippen LogP contribution is -2.38. The second-order valence-corrected chi connectivity index (χ2v) is 6.46. The molecule has 0 atom stereocenters. The molecule has 1 N–H and O–H groups in total. The predicted octanol–water partition coefficient (Wildman–Crippen LogP) is 2.22. The first kappa shape index (κ1) is 14.1. The number of methoxy groups -OCH3 is 1. The van der Waals surface area contributed by atoms with Gasteiger partial charge in [0.1, 0.15) is 0 Å². The van der Waals surface area contributed by atoms with E-state index in [1.165, 1.54) is 25.7 Å². The summed E-state index contributed by atoms with van der Waals surface area (Å²) in [6.07, 6.45) is 6.80. The van der Waals surface area contributed by atoms with Crippen molar-refractivity contribution < 1.29 is 4.74 Å². The van der Waals surface area contributed by atoms with Crippen molar-refractivity contribution in [1.29, 1.82) is 0 Å². The number of piperidine rings is 1. The summed E-state index contributed by atoms with van der Waals surface area (Å²) in [7, 11) is 1.64. The van der Waals surface area contributed by atoms with Gasteiger partial charge in [0, 0.05) is 12.6 Å². The fourth-order valence-corrected chi connectivity index (χ4v) is 3.10. The Balaban J connectivity index is 1.75. The molecule has 0 bridgehead atoms. The normalized spacial score (nSPS) is 19.9. The van der Waals surface area contributed by atoms with Gasteiger partial charge in [-0.25, -0.2) is 4.98 Å². The summed E-state index contributed by atoms with van der Waals surface area (Å²) in [5.74, 6) is 2.17. The van der Waals surface area contributed by atoms with Gasteiger partial charge in [-0.1, -0.05) is 0 Å². The topological polar surface area (TPSA) is 50.3 Å². The summed E-state index contributed by atoms with van der Waals surface area (Å²) in [5, 5.41) is 3.42. The first-order valence-corrected chi connectivity index (χ1v) is 8.11. The van der Waals surface area contributed by atoms with Crippen LogP contribution in [0.5, 0.6) is 5.88 Å². The van der Waals surface area contributed by atoms with Crippen LogP contribution in [0, 0.1) is 5.92 Å². The fourth-order valence-electron chi connectivity index (χ4n) is 2.75. The molecule has 6 heteroatoms. The minimum Gasteiger partial charge on any atom is -0.480 e. The Hall–Kier alpha value is -0.880. The van der Waals surface area contributed by atoms with E-state index in [1.807, 2.05) is 0 Å². The Labute approximate surface area is 128 Å². The van der Waals surface area contributed by atoms with E-state index in [2.05, 4.69) is 36.1 Å². The van der Waals surface area contributed by atoms with Crippen molar-refractivity contribution in [1.82, 2.24) is 15.3 Å². The molecule has 0 aromatic carbocycles. The Morgan fingerprint density at radius 3 is 2.75 bits per heavy atom. The van der Waals surface area contributed by atoms with E-state index in [9.17, 15) is 0 Å². The second kappa shape index (κ2) is 6.26. The van der Waals surface area contributed by atoms with Crippen LogP contribution >= 0.6 is 15.9 Å². The molecule has 2 fully saturated rings. The van der Waals surface area contributed by atoms with Crippen molar-refractivity contribution >= 4 is 21.9 Å². The van der Waals surface area contributed by atoms with E-state index in [0.29, 0.717) is 11.9 Å². The van der Waals surface area contributed by atoms with E-state index in [4.69, 9.17) is 4.74 Å². The molecular formula is C14H21BrN4O. The van der Waals surface area contributed by atoms with Crippen LogP contribution in [0.3, 0.4) is 0 Å². The molecule has 3 rings (SSSR count). The van der Waals surface area contributed by atoms with Crippen LogP contribution in [0.2, 0.25) is 0 Å². The molecule has 1 aromatic rings. The van der Waals surface area contributed by atoms with Gasteiger partial charge in [0.2, 0.25) is 11.8 Å². The van der Waals surface area contributed by atoms with Crippen molar-refractivity contribution in [3.05, 3.63) is 10.7 Å². The highest BCUT2D eigenvalue weighted by Gasteiger charge is 2.33. The van der Waals surface area contributed by atoms with Crippen LogP contribution in [0.15, 0.2) is 10.7 Å². The molecular weight excluding hydrogens is 320 g/mol. The molecule has 0 amide bonds. The number of hydrogen-bond acceptors (Lipinski definition) is 5. The van der Waals surface area contributed by atoms with Gasteiger partial charge >= 0.3 is 0 Å². The van der Waals surface area contributed by atoms with Crippen LogP contribution in [0.25, 0.3) is 0 Å². The monoisotopic (exact) mass is 340 g/mol. The molecule has 0 radical (unpaired) electrons. The highest BCUT2D eigenvalue weighted by Crippen LogP contribution is 2.33. The van der Waals surface area contributed by atoms with Gasteiger partial charge < -0.3 is 15.0 Å².